The zero-order chi connectivity index (χ0) is 8.27. The normalized spacial score (nSPS) is 9.55. The van der Waals surface area contributed by atoms with Crippen LogP contribution in [0.15, 0.2) is 22.8 Å². The Bertz CT molecular complexity index is 252. The van der Waals surface area contributed by atoms with Crippen LogP contribution in [0.2, 0.25) is 0 Å². The lowest BCUT2D eigenvalue weighted by atomic mass is 10.3. The molecule has 0 amide bonds. The average molecular weight is 167 g/mol. The maximum absolute atomic E-state index is 5.27. The molecule has 0 spiro atoms. The van der Waals surface area contributed by atoms with Crippen molar-refractivity contribution in [1.29, 1.82) is 0 Å². The molecule has 0 bridgehead atoms. The van der Waals surface area contributed by atoms with Crippen LogP contribution < -0.4 is 0 Å². The molecule has 0 unspecified atom stereocenters. The lowest BCUT2D eigenvalue weighted by Gasteiger charge is -1.82. The standard InChI is InChI=1S/C8H9NOS/c1-4-6-7(5-2)10-8(9-6)11-3/h4-5H,1-2H2,3H3. The highest BCUT2D eigenvalue weighted by molar-refractivity contribution is 7.98. The summed E-state index contributed by atoms with van der Waals surface area (Å²) in [4.78, 5) is 4.12. The Kier molecular flexibility index (Phi) is 2.54. The first-order valence-electron chi connectivity index (χ1n) is 3.11. The maximum Gasteiger partial charge on any atom is 0.256 e. The molecule has 11 heavy (non-hydrogen) atoms. The monoisotopic (exact) mass is 167 g/mol. The highest BCUT2D eigenvalue weighted by Crippen LogP contribution is 2.19. The Morgan fingerprint density at radius 2 is 2.18 bits per heavy atom. The summed E-state index contributed by atoms with van der Waals surface area (Å²) in [6.07, 6.45) is 5.19. The van der Waals surface area contributed by atoms with Gasteiger partial charge in [0.2, 0.25) is 0 Å². The summed E-state index contributed by atoms with van der Waals surface area (Å²) in [5, 5.41) is 0.648. The first-order valence-corrected chi connectivity index (χ1v) is 4.34. The van der Waals surface area contributed by atoms with Crippen molar-refractivity contribution in [2.75, 3.05) is 6.26 Å². The molecule has 58 valence electrons. The minimum Gasteiger partial charge on any atom is -0.431 e. The number of oxazole rings is 1. The van der Waals surface area contributed by atoms with Crippen molar-refractivity contribution in [3.8, 4) is 0 Å². The fourth-order valence-corrected chi connectivity index (χ4v) is 1.07. The third kappa shape index (κ3) is 1.54. The van der Waals surface area contributed by atoms with E-state index >= 15 is 0 Å². The van der Waals surface area contributed by atoms with Gasteiger partial charge >= 0.3 is 0 Å². The van der Waals surface area contributed by atoms with E-state index in [1.165, 1.54) is 11.8 Å². The summed E-state index contributed by atoms with van der Waals surface area (Å²) < 4.78 is 5.27. The average Bonchev–Trinajstić information content (AvgIpc) is 2.46. The molecule has 0 radical (unpaired) electrons. The molecule has 1 rings (SSSR count). The number of thioether (sulfide) groups is 1. The number of aromatic nitrogens is 1. The van der Waals surface area contributed by atoms with Crippen LogP contribution in [0.1, 0.15) is 11.5 Å². The molecular formula is C8H9NOS. The molecule has 1 heterocycles. The Hall–Kier alpha value is -0.960. The SMILES string of the molecule is C=Cc1nc(SC)oc1C=C. The van der Waals surface area contributed by atoms with Gasteiger partial charge in [0.1, 0.15) is 5.69 Å². The maximum atomic E-state index is 5.27. The van der Waals surface area contributed by atoms with E-state index in [2.05, 4.69) is 18.1 Å². The Labute approximate surface area is 70.0 Å². The summed E-state index contributed by atoms with van der Waals surface area (Å²) in [6.45, 7) is 7.20. The van der Waals surface area contributed by atoms with Gasteiger partial charge in [-0.05, 0) is 18.4 Å². The van der Waals surface area contributed by atoms with Crippen LogP contribution in [0.5, 0.6) is 0 Å². The molecule has 0 fully saturated rings. The van der Waals surface area contributed by atoms with E-state index in [-0.39, 0.29) is 0 Å². The Morgan fingerprint density at radius 1 is 1.45 bits per heavy atom. The molecule has 0 saturated carbocycles. The minimum atomic E-state index is 0.648. The van der Waals surface area contributed by atoms with Gasteiger partial charge in [0.25, 0.3) is 5.22 Å². The van der Waals surface area contributed by atoms with Gasteiger partial charge in [-0.15, -0.1) is 0 Å². The van der Waals surface area contributed by atoms with Crippen LogP contribution in [0.25, 0.3) is 12.2 Å². The van der Waals surface area contributed by atoms with Crippen molar-refractivity contribution >= 4 is 23.9 Å². The van der Waals surface area contributed by atoms with Gasteiger partial charge in [-0.2, -0.15) is 0 Å². The van der Waals surface area contributed by atoms with Crippen molar-refractivity contribution in [1.82, 2.24) is 4.98 Å². The second-order valence-corrected chi connectivity index (χ2v) is 2.60. The predicted molar refractivity (Wildman–Crippen MR) is 48.5 cm³/mol. The largest absolute Gasteiger partial charge is 0.431 e. The summed E-state index contributed by atoms with van der Waals surface area (Å²) in [5.74, 6) is 0.685. The van der Waals surface area contributed by atoms with Gasteiger partial charge < -0.3 is 4.42 Å². The fraction of sp³-hybridized carbons (Fsp3) is 0.125. The topological polar surface area (TPSA) is 26.0 Å². The van der Waals surface area contributed by atoms with Crippen molar-refractivity contribution in [2.24, 2.45) is 0 Å². The van der Waals surface area contributed by atoms with Crippen LogP contribution in [0.3, 0.4) is 0 Å². The van der Waals surface area contributed by atoms with Gasteiger partial charge in [-0.25, -0.2) is 4.98 Å². The lowest BCUT2D eigenvalue weighted by Crippen LogP contribution is -1.72. The lowest BCUT2D eigenvalue weighted by molar-refractivity contribution is 0.447. The smallest absolute Gasteiger partial charge is 0.256 e. The highest BCUT2D eigenvalue weighted by Gasteiger charge is 2.05. The summed E-state index contributed by atoms with van der Waals surface area (Å²) in [6, 6.07) is 0. The second kappa shape index (κ2) is 3.44. The molecule has 1 aromatic heterocycles. The third-order valence-corrected chi connectivity index (χ3v) is 1.74. The number of nitrogens with zero attached hydrogens (tertiary/aromatic N) is 1. The predicted octanol–water partition coefficient (Wildman–Crippen LogP) is 2.68. The van der Waals surface area contributed by atoms with Gasteiger partial charge in [0, 0.05) is 0 Å². The molecule has 0 aliphatic rings. The van der Waals surface area contributed by atoms with Gasteiger partial charge in [-0.3, -0.25) is 0 Å². The fourth-order valence-electron chi connectivity index (χ4n) is 0.702. The van der Waals surface area contributed by atoms with Crippen molar-refractivity contribution in [3.63, 3.8) is 0 Å². The molecular weight excluding hydrogens is 158 g/mol. The van der Waals surface area contributed by atoms with Crippen LogP contribution >= 0.6 is 11.8 Å². The summed E-state index contributed by atoms with van der Waals surface area (Å²) >= 11 is 1.46. The van der Waals surface area contributed by atoms with Crippen LogP contribution in [0.4, 0.5) is 0 Å². The van der Waals surface area contributed by atoms with Gasteiger partial charge in [-0.1, -0.05) is 24.9 Å². The molecule has 1 aromatic rings. The van der Waals surface area contributed by atoms with E-state index in [0.29, 0.717) is 11.0 Å². The van der Waals surface area contributed by atoms with Crippen molar-refractivity contribution in [2.45, 2.75) is 5.22 Å². The third-order valence-electron chi connectivity index (χ3n) is 1.21. The van der Waals surface area contributed by atoms with Crippen molar-refractivity contribution in [3.05, 3.63) is 24.6 Å². The molecule has 0 saturated heterocycles. The van der Waals surface area contributed by atoms with E-state index < -0.39 is 0 Å². The molecule has 0 aliphatic carbocycles. The molecule has 2 nitrogen and oxygen atoms in total. The summed E-state index contributed by atoms with van der Waals surface area (Å²) in [5.41, 5.74) is 0.754. The zero-order valence-corrected chi connectivity index (χ0v) is 7.15. The van der Waals surface area contributed by atoms with E-state index in [1.54, 1.807) is 12.2 Å². The van der Waals surface area contributed by atoms with Crippen LogP contribution in [-0.2, 0) is 0 Å². The molecule has 0 N–H and O–H groups in total. The zero-order valence-electron chi connectivity index (χ0n) is 6.33. The van der Waals surface area contributed by atoms with Crippen molar-refractivity contribution < 1.29 is 4.42 Å². The first kappa shape index (κ1) is 8.14. The van der Waals surface area contributed by atoms with E-state index in [9.17, 15) is 0 Å². The van der Waals surface area contributed by atoms with Crippen LogP contribution in [0, 0.1) is 0 Å². The quantitative estimate of drug-likeness (QED) is 0.647. The van der Waals surface area contributed by atoms with E-state index in [1.807, 2.05) is 6.26 Å². The molecule has 0 aromatic carbocycles. The van der Waals surface area contributed by atoms with Gasteiger partial charge in [0.15, 0.2) is 5.76 Å². The van der Waals surface area contributed by atoms with Gasteiger partial charge in [0.05, 0.1) is 0 Å². The number of rotatable bonds is 3. The molecule has 0 aliphatic heterocycles. The minimum absolute atomic E-state index is 0.648. The van der Waals surface area contributed by atoms with E-state index in [4.69, 9.17) is 4.42 Å². The Balaban J connectivity index is 3.11. The number of hydrogen-bond donors (Lipinski definition) is 0. The first-order chi connectivity index (χ1) is 5.31. The number of hydrogen-bond acceptors (Lipinski definition) is 3. The molecule has 0 atom stereocenters. The molecule has 3 heteroatoms. The Morgan fingerprint density at radius 3 is 2.55 bits per heavy atom. The van der Waals surface area contributed by atoms with E-state index in [0.717, 1.165) is 5.69 Å². The second-order valence-electron chi connectivity index (χ2n) is 1.84. The highest BCUT2D eigenvalue weighted by atomic mass is 32.2. The summed E-state index contributed by atoms with van der Waals surface area (Å²) in [7, 11) is 0. The van der Waals surface area contributed by atoms with Crippen LogP contribution in [-0.4, -0.2) is 11.2 Å².